The summed E-state index contributed by atoms with van der Waals surface area (Å²) in [6.45, 7) is 12.5. The molecule has 1 aromatic heterocycles. The van der Waals surface area contributed by atoms with Crippen molar-refractivity contribution in [3.05, 3.63) is 48.7 Å². The molecule has 2 N–H and O–H groups in total. The van der Waals surface area contributed by atoms with E-state index < -0.39 is 40.0 Å². The number of hydrogen-bond donors (Lipinski definition) is 2. The second-order valence-corrected chi connectivity index (χ2v) is 12.6. The van der Waals surface area contributed by atoms with Gasteiger partial charge in [0.1, 0.15) is 22.4 Å². The van der Waals surface area contributed by atoms with Gasteiger partial charge in [-0.25, -0.2) is 13.1 Å². The number of carbonyl (C=O) groups is 2. The number of fused-ring (bicyclic) bond motifs is 1. The smallest absolute Gasteiger partial charge is 0.308 e. The molecule has 13 heteroatoms. The lowest BCUT2D eigenvalue weighted by Crippen LogP contribution is -2.47. The second-order valence-electron chi connectivity index (χ2n) is 11.0. The van der Waals surface area contributed by atoms with Crippen molar-refractivity contribution in [1.29, 1.82) is 0 Å². The number of nitrogens with one attached hydrogen (secondary N) is 2. The molecule has 1 heterocycles. The first kappa shape index (κ1) is 34.0. The van der Waals surface area contributed by atoms with E-state index in [-0.39, 0.29) is 36.2 Å². The zero-order chi connectivity index (χ0) is 31.8. The van der Waals surface area contributed by atoms with Crippen molar-refractivity contribution in [2.24, 2.45) is 0 Å². The van der Waals surface area contributed by atoms with Crippen molar-refractivity contribution in [2.75, 3.05) is 18.5 Å². The summed E-state index contributed by atoms with van der Waals surface area (Å²) >= 11 is 0. The molecule has 3 rings (SSSR count). The van der Waals surface area contributed by atoms with Gasteiger partial charge in [-0.1, -0.05) is 18.2 Å². The first-order valence-corrected chi connectivity index (χ1v) is 15.7. The summed E-state index contributed by atoms with van der Waals surface area (Å²) in [6, 6.07) is 10.8. The van der Waals surface area contributed by atoms with Gasteiger partial charge in [-0.15, -0.1) is 0 Å². The third-order valence-corrected chi connectivity index (χ3v) is 7.50. The normalized spacial score (nSPS) is 13.6. The molecule has 3 aromatic rings. The van der Waals surface area contributed by atoms with Gasteiger partial charge < -0.3 is 24.3 Å². The minimum absolute atomic E-state index is 0.00287. The summed E-state index contributed by atoms with van der Waals surface area (Å²) in [5.41, 5.74) is 0.483. The Kier molecular flexibility index (Phi) is 11.7. The maximum Gasteiger partial charge on any atom is 0.308 e. The average molecular weight is 619 g/mol. The monoisotopic (exact) mass is 618 g/mol. The van der Waals surface area contributed by atoms with Crippen LogP contribution in [0.15, 0.2) is 53.6 Å². The van der Waals surface area contributed by atoms with Gasteiger partial charge in [-0.3, -0.25) is 14.3 Å². The molecule has 1 unspecified atom stereocenters. The zero-order valence-corrected chi connectivity index (χ0v) is 26.6. The van der Waals surface area contributed by atoms with E-state index in [9.17, 15) is 18.0 Å². The Hall–Kier alpha value is -3.52. The molecule has 0 aliphatic rings. The molecule has 236 valence electrons. The van der Waals surface area contributed by atoms with Crippen molar-refractivity contribution in [1.82, 2.24) is 14.5 Å². The molecule has 12 nitrogen and oxygen atoms in total. The lowest BCUT2D eigenvalue weighted by molar-refractivity contribution is -0.169. The van der Waals surface area contributed by atoms with Gasteiger partial charge in [0, 0.05) is 37.3 Å². The summed E-state index contributed by atoms with van der Waals surface area (Å²) in [7, 11) is -4.33. The van der Waals surface area contributed by atoms with Crippen LogP contribution in [0.3, 0.4) is 0 Å². The Labute approximate surface area is 253 Å². The minimum atomic E-state index is -4.33. The largest absolute Gasteiger partial charge is 0.487 e. The number of hydrogen-bond acceptors (Lipinski definition) is 9. The first-order chi connectivity index (χ1) is 20.2. The van der Waals surface area contributed by atoms with E-state index in [2.05, 4.69) is 15.1 Å². The highest BCUT2D eigenvalue weighted by Crippen LogP contribution is 2.30. The molecule has 2 atom stereocenters. The van der Waals surface area contributed by atoms with Crippen LogP contribution in [0.4, 0.5) is 5.69 Å². The molecule has 1 amide bonds. The van der Waals surface area contributed by atoms with Crippen LogP contribution in [-0.4, -0.2) is 67.3 Å². The lowest BCUT2D eigenvalue weighted by atomic mass is 10.1. The van der Waals surface area contributed by atoms with Crippen LogP contribution < -0.4 is 14.8 Å². The molecule has 0 aliphatic heterocycles. The van der Waals surface area contributed by atoms with Gasteiger partial charge in [0.25, 0.3) is 0 Å². The van der Waals surface area contributed by atoms with Crippen LogP contribution in [0, 0.1) is 0 Å². The number of sulfonamides is 1. The van der Waals surface area contributed by atoms with E-state index in [4.69, 9.17) is 18.9 Å². The molecule has 43 heavy (non-hydrogen) atoms. The first-order valence-electron chi connectivity index (χ1n) is 14.2. The van der Waals surface area contributed by atoms with Crippen LogP contribution >= 0.6 is 0 Å². The summed E-state index contributed by atoms with van der Waals surface area (Å²) < 4.78 is 55.1. The molecule has 0 saturated carbocycles. The third-order valence-electron chi connectivity index (χ3n) is 5.97. The van der Waals surface area contributed by atoms with Crippen molar-refractivity contribution in [2.45, 2.75) is 90.4 Å². The highest BCUT2D eigenvalue weighted by atomic mass is 32.2. The van der Waals surface area contributed by atoms with E-state index in [0.717, 1.165) is 10.9 Å². The van der Waals surface area contributed by atoms with Crippen LogP contribution in [-0.2, 0) is 40.4 Å². The second kappa shape index (κ2) is 14.8. The van der Waals surface area contributed by atoms with E-state index in [1.807, 2.05) is 24.3 Å². The number of para-hydroxylation sites is 1. The van der Waals surface area contributed by atoms with Gasteiger partial charge >= 0.3 is 5.97 Å². The number of aromatic nitrogens is 2. The predicted octanol–water partition coefficient (Wildman–Crippen LogP) is 4.24. The average Bonchev–Trinajstić information content (AvgIpc) is 3.29. The quantitative estimate of drug-likeness (QED) is 0.189. The molecule has 0 spiro atoms. The number of rotatable bonds is 15. The van der Waals surface area contributed by atoms with Gasteiger partial charge in [-0.05, 0) is 59.7 Å². The van der Waals surface area contributed by atoms with Gasteiger partial charge in [-0.2, -0.15) is 5.10 Å². The van der Waals surface area contributed by atoms with E-state index in [0.29, 0.717) is 12.2 Å². The standard InChI is InChI=1S/C30H42N4O8S/c1-8-39-29(40-9-2)24(17-28(36)42-30(5,6)7)33-43(37,38)27-15-14-23(32-21(4)35)16-26(27)41-20(3)19-34-25-13-11-10-12-22(25)18-31-34/h10-16,18,20,24,29,33H,8-9,17,19H2,1-7H3,(H,32,35)/t20-,24?/m1/s1. The molecule has 0 fully saturated rings. The highest BCUT2D eigenvalue weighted by molar-refractivity contribution is 7.89. The summed E-state index contributed by atoms with van der Waals surface area (Å²) in [6.07, 6.45) is -0.184. The lowest BCUT2D eigenvalue weighted by Gasteiger charge is -2.28. The Bertz CT molecular complexity index is 1490. The zero-order valence-electron chi connectivity index (χ0n) is 25.7. The molecule has 0 aliphatic carbocycles. The number of esters is 1. The topological polar surface area (TPSA) is 147 Å². The Morgan fingerprint density at radius 1 is 1.05 bits per heavy atom. The maximum atomic E-state index is 13.9. The van der Waals surface area contributed by atoms with Crippen molar-refractivity contribution in [3.63, 3.8) is 0 Å². The number of ether oxygens (including phenoxy) is 4. The van der Waals surface area contributed by atoms with E-state index >= 15 is 0 Å². The van der Waals surface area contributed by atoms with Crippen LogP contribution in [0.5, 0.6) is 5.75 Å². The fourth-order valence-corrected chi connectivity index (χ4v) is 5.74. The van der Waals surface area contributed by atoms with E-state index in [1.54, 1.807) is 52.4 Å². The molecule has 0 saturated heterocycles. The number of nitrogens with zero attached hydrogens (tertiary/aromatic N) is 2. The van der Waals surface area contributed by atoms with Crippen molar-refractivity contribution >= 4 is 38.5 Å². The van der Waals surface area contributed by atoms with Gasteiger partial charge in [0.05, 0.1) is 30.7 Å². The van der Waals surface area contributed by atoms with E-state index in [1.165, 1.54) is 25.1 Å². The summed E-state index contributed by atoms with van der Waals surface area (Å²) in [5, 5.41) is 8.05. The molecular formula is C30H42N4O8S. The highest BCUT2D eigenvalue weighted by Gasteiger charge is 2.33. The van der Waals surface area contributed by atoms with Crippen molar-refractivity contribution in [3.8, 4) is 5.75 Å². The van der Waals surface area contributed by atoms with Crippen LogP contribution in [0.25, 0.3) is 10.9 Å². The molecule has 2 aromatic carbocycles. The Morgan fingerprint density at radius 3 is 2.35 bits per heavy atom. The Morgan fingerprint density at radius 2 is 1.72 bits per heavy atom. The molecular weight excluding hydrogens is 576 g/mol. The molecule has 0 radical (unpaired) electrons. The SMILES string of the molecule is CCOC(OCC)C(CC(=O)OC(C)(C)C)NS(=O)(=O)c1ccc(NC(C)=O)cc1O[C@H](C)Cn1ncc2ccccc21. The van der Waals surface area contributed by atoms with Crippen LogP contribution in [0.2, 0.25) is 0 Å². The number of carbonyl (C=O) groups excluding carboxylic acids is 2. The van der Waals surface area contributed by atoms with Gasteiger partial charge in [0.2, 0.25) is 15.9 Å². The summed E-state index contributed by atoms with van der Waals surface area (Å²) in [5.74, 6) is -0.949. The van der Waals surface area contributed by atoms with Crippen LogP contribution in [0.1, 0.15) is 54.9 Å². The fourth-order valence-electron chi connectivity index (χ4n) is 4.40. The summed E-state index contributed by atoms with van der Waals surface area (Å²) in [4.78, 5) is 24.3. The fraction of sp³-hybridized carbons (Fsp3) is 0.500. The number of amides is 1. The maximum absolute atomic E-state index is 13.9. The molecule has 0 bridgehead atoms. The predicted molar refractivity (Wildman–Crippen MR) is 162 cm³/mol. The van der Waals surface area contributed by atoms with Crippen molar-refractivity contribution < 1.29 is 37.0 Å². The minimum Gasteiger partial charge on any atom is -0.487 e. The third kappa shape index (κ3) is 10.0. The Balaban J connectivity index is 1.95. The number of anilines is 1. The van der Waals surface area contributed by atoms with Gasteiger partial charge in [0.15, 0.2) is 6.29 Å². The number of benzene rings is 2.